The van der Waals surface area contributed by atoms with E-state index in [0.717, 1.165) is 23.9 Å². The highest BCUT2D eigenvalue weighted by Gasteiger charge is 2.32. The Labute approximate surface area is 135 Å². The van der Waals surface area contributed by atoms with Gasteiger partial charge in [0.25, 0.3) is 6.01 Å². The van der Waals surface area contributed by atoms with Crippen LogP contribution in [0, 0.1) is 0 Å². The molecule has 0 radical (unpaired) electrons. The van der Waals surface area contributed by atoms with Gasteiger partial charge in [0.1, 0.15) is 12.2 Å². The van der Waals surface area contributed by atoms with Gasteiger partial charge < -0.3 is 19.4 Å². The van der Waals surface area contributed by atoms with Gasteiger partial charge >= 0.3 is 6.09 Å². The SMILES string of the molecule is CC(C)(C)OC(=O)N1CCC[C@H]1COc1nc2ccccc2[nH]1. The Kier molecular flexibility index (Phi) is 4.15. The fourth-order valence-corrected chi connectivity index (χ4v) is 2.74. The van der Waals surface area contributed by atoms with Crippen LogP contribution in [0.5, 0.6) is 6.01 Å². The maximum absolute atomic E-state index is 12.2. The van der Waals surface area contributed by atoms with Gasteiger partial charge in [-0.1, -0.05) is 12.1 Å². The van der Waals surface area contributed by atoms with E-state index in [1.807, 2.05) is 45.0 Å². The Hall–Kier alpha value is -2.24. The summed E-state index contributed by atoms with van der Waals surface area (Å²) in [6.45, 7) is 6.75. The number of fused-ring (bicyclic) bond motifs is 1. The van der Waals surface area contributed by atoms with E-state index in [2.05, 4.69) is 9.97 Å². The summed E-state index contributed by atoms with van der Waals surface area (Å²) >= 11 is 0. The van der Waals surface area contributed by atoms with Crippen LogP contribution in [0.1, 0.15) is 33.6 Å². The van der Waals surface area contributed by atoms with Crippen molar-refractivity contribution in [2.24, 2.45) is 0 Å². The molecule has 6 heteroatoms. The molecule has 1 aromatic carbocycles. The molecule has 6 nitrogen and oxygen atoms in total. The number of hydrogen-bond acceptors (Lipinski definition) is 4. The van der Waals surface area contributed by atoms with E-state index >= 15 is 0 Å². The van der Waals surface area contributed by atoms with Crippen molar-refractivity contribution in [3.63, 3.8) is 0 Å². The largest absolute Gasteiger partial charge is 0.463 e. The van der Waals surface area contributed by atoms with E-state index in [4.69, 9.17) is 9.47 Å². The molecule has 0 unspecified atom stereocenters. The number of para-hydroxylation sites is 2. The summed E-state index contributed by atoms with van der Waals surface area (Å²) in [5, 5.41) is 0. The van der Waals surface area contributed by atoms with Crippen LogP contribution in [-0.4, -0.2) is 45.8 Å². The normalized spacial score (nSPS) is 18.4. The summed E-state index contributed by atoms with van der Waals surface area (Å²) in [5.74, 6) is 0. The van der Waals surface area contributed by atoms with E-state index in [1.54, 1.807) is 4.90 Å². The van der Waals surface area contributed by atoms with Crippen LogP contribution in [0.15, 0.2) is 24.3 Å². The van der Waals surface area contributed by atoms with E-state index in [1.165, 1.54) is 0 Å². The third-order valence-electron chi connectivity index (χ3n) is 3.79. The zero-order valence-electron chi connectivity index (χ0n) is 13.8. The fraction of sp³-hybridized carbons (Fsp3) is 0.529. The van der Waals surface area contributed by atoms with Crippen LogP contribution in [0.4, 0.5) is 4.79 Å². The lowest BCUT2D eigenvalue weighted by molar-refractivity contribution is 0.0184. The molecule has 2 heterocycles. The summed E-state index contributed by atoms with van der Waals surface area (Å²) in [7, 11) is 0. The highest BCUT2D eigenvalue weighted by molar-refractivity contribution is 5.75. The van der Waals surface area contributed by atoms with Crippen LogP contribution in [0.3, 0.4) is 0 Å². The van der Waals surface area contributed by atoms with Crippen molar-refractivity contribution in [1.82, 2.24) is 14.9 Å². The number of nitrogens with one attached hydrogen (secondary N) is 1. The minimum Gasteiger partial charge on any atom is -0.463 e. The third-order valence-corrected chi connectivity index (χ3v) is 3.79. The van der Waals surface area contributed by atoms with Gasteiger partial charge in [-0.15, -0.1) is 0 Å². The predicted octanol–water partition coefficient (Wildman–Crippen LogP) is 3.34. The molecular formula is C17H23N3O3. The van der Waals surface area contributed by atoms with Crippen LogP contribution >= 0.6 is 0 Å². The number of rotatable bonds is 3. The number of aromatic nitrogens is 2. The van der Waals surface area contributed by atoms with Gasteiger partial charge in [0, 0.05) is 6.54 Å². The molecule has 1 aromatic heterocycles. The highest BCUT2D eigenvalue weighted by atomic mass is 16.6. The molecule has 0 spiro atoms. The number of amides is 1. The Morgan fingerprint density at radius 1 is 1.39 bits per heavy atom. The monoisotopic (exact) mass is 317 g/mol. The van der Waals surface area contributed by atoms with Crippen LogP contribution in [0.25, 0.3) is 11.0 Å². The van der Waals surface area contributed by atoms with Gasteiger partial charge in [0.05, 0.1) is 17.1 Å². The summed E-state index contributed by atoms with van der Waals surface area (Å²) in [6, 6.07) is 8.29. The minimum absolute atomic E-state index is 0.0260. The maximum atomic E-state index is 12.2. The molecule has 1 amide bonds. The lowest BCUT2D eigenvalue weighted by Gasteiger charge is -2.28. The second-order valence-corrected chi connectivity index (χ2v) is 6.84. The number of imidazole rings is 1. The van der Waals surface area contributed by atoms with Crippen molar-refractivity contribution < 1.29 is 14.3 Å². The second kappa shape index (κ2) is 6.10. The summed E-state index contributed by atoms with van der Waals surface area (Å²) < 4.78 is 11.2. The molecule has 2 aromatic rings. The molecule has 3 rings (SSSR count). The van der Waals surface area contributed by atoms with Gasteiger partial charge in [-0.2, -0.15) is 4.98 Å². The predicted molar refractivity (Wildman–Crippen MR) is 87.6 cm³/mol. The number of carbonyl (C=O) groups excluding carboxylic acids is 1. The molecule has 23 heavy (non-hydrogen) atoms. The van der Waals surface area contributed by atoms with Crippen molar-refractivity contribution >= 4 is 17.1 Å². The first-order chi connectivity index (χ1) is 10.9. The van der Waals surface area contributed by atoms with E-state index in [9.17, 15) is 4.79 Å². The quantitative estimate of drug-likeness (QED) is 0.943. The van der Waals surface area contributed by atoms with Crippen LogP contribution in [0.2, 0.25) is 0 Å². The summed E-state index contributed by atoms with van der Waals surface area (Å²) in [6.07, 6.45) is 1.61. The smallest absolute Gasteiger partial charge is 0.410 e. The number of hydrogen-bond donors (Lipinski definition) is 1. The molecule has 1 atom stereocenters. The Morgan fingerprint density at radius 2 is 2.17 bits per heavy atom. The zero-order valence-corrected chi connectivity index (χ0v) is 13.8. The maximum Gasteiger partial charge on any atom is 0.410 e. The Bertz CT molecular complexity index is 657. The summed E-state index contributed by atoms with van der Waals surface area (Å²) in [5.41, 5.74) is 1.33. The zero-order chi connectivity index (χ0) is 16.4. The standard InChI is InChI=1S/C17H23N3O3/c1-17(2,3)23-16(21)20-10-6-7-12(20)11-22-15-18-13-8-4-5-9-14(13)19-15/h4-5,8-9,12H,6-7,10-11H2,1-3H3,(H,18,19)/t12-/m0/s1. The molecule has 124 valence electrons. The number of aromatic amines is 1. The topological polar surface area (TPSA) is 67.4 Å². The minimum atomic E-state index is -0.482. The second-order valence-electron chi connectivity index (χ2n) is 6.84. The Morgan fingerprint density at radius 3 is 2.91 bits per heavy atom. The van der Waals surface area contributed by atoms with Crippen molar-refractivity contribution in [3.05, 3.63) is 24.3 Å². The molecule has 0 bridgehead atoms. The molecule has 0 saturated carbocycles. The van der Waals surface area contributed by atoms with Crippen LogP contribution < -0.4 is 4.74 Å². The van der Waals surface area contributed by atoms with Gasteiger partial charge in [0.2, 0.25) is 0 Å². The number of ether oxygens (including phenoxy) is 2. The van der Waals surface area contributed by atoms with Crippen LogP contribution in [-0.2, 0) is 4.74 Å². The van der Waals surface area contributed by atoms with Crippen molar-refractivity contribution in [3.8, 4) is 6.01 Å². The van der Waals surface area contributed by atoms with Gasteiger partial charge in [0.15, 0.2) is 0 Å². The number of carbonyl (C=O) groups is 1. The average molecular weight is 317 g/mol. The van der Waals surface area contributed by atoms with E-state index in [0.29, 0.717) is 19.2 Å². The highest BCUT2D eigenvalue weighted by Crippen LogP contribution is 2.22. The Balaban J connectivity index is 1.61. The number of likely N-dealkylation sites (tertiary alicyclic amines) is 1. The average Bonchev–Trinajstić information content (AvgIpc) is 3.09. The third kappa shape index (κ3) is 3.75. The lowest BCUT2D eigenvalue weighted by Crippen LogP contribution is -2.42. The number of H-pyrrole nitrogens is 1. The van der Waals surface area contributed by atoms with Crippen molar-refractivity contribution in [2.75, 3.05) is 13.2 Å². The van der Waals surface area contributed by atoms with Crippen molar-refractivity contribution in [1.29, 1.82) is 0 Å². The summed E-state index contributed by atoms with van der Waals surface area (Å²) in [4.78, 5) is 21.5. The molecule has 1 fully saturated rings. The molecule has 1 N–H and O–H groups in total. The molecule has 1 saturated heterocycles. The molecule has 1 aliphatic rings. The molecule has 1 aliphatic heterocycles. The van der Waals surface area contributed by atoms with Gasteiger partial charge in [-0.25, -0.2) is 4.79 Å². The fourth-order valence-electron chi connectivity index (χ4n) is 2.74. The first-order valence-corrected chi connectivity index (χ1v) is 7.99. The van der Waals surface area contributed by atoms with Crippen molar-refractivity contribution in [2.45, 2.75) is 45.3 Å². The van der Waals surface area contributed by atoms with Gasteiger partial charge in [-0.3, -0.25) is 0 Å². The lowest BCUT2D eigenvalue weighted by atomic mass is 10.2. The van der Waals surface area contributed by atoms with E-state index < -0.39 is 5.60 Å². The first kappa shape index (κ1) is 15.6. The van der Waals surface area contributed by atoms with E-state index in [-0.39, 0.29) is 12.1 Å². The number of nitrogens with zero attached hydrogens (tertiary/aromatic N) is 2. The molecular weight excluding hydrogens is 294 g/mol. The molecule has 0 aliphatic carbocycles. The number of benzene rings is 1. The van der Waals surface area contributed by atoms with Gasteiger partial charge in [-0.05, 0) is 45.7 Å². The first-order valence-electron chi connectivity index (χ1n) is 7.99.